The topological polar surface area (TPSA) is 212 Å². The number of likely N-dealkylation sites (N-methyl/N-ethyl adjacent to an activating group) is 1. The summed E-state index contributed by atoms with van der Waals surface area (Å²) in [7, 11) is -3.55. The molecule has 0 saturated carbocycles. The first-order valence-electron chi connectivity index (χ1n) is 10.5. The van der Waals surface area contributed by atoms with Gasteiger partial charge in [-0.1, -0.05) is 18.2 Å². The van der Waals surface area contributed by atoms with Gasteiger partial charge in [-0.2, -0.15) is 0 Å². The van der Waals surface area contributed by atoms with Gasteiger partial charge in [-0.15, -0.1) is 0 Å². The van der Waals surface area contributed by atoms with Gasteiger partial charge in [0, 0.05) is 36.7 Å². The second kappa shape index (κ2) is 11.6. The summed E-state index contributed by atoms with van der Waals surface area (Å²) in [5.41, 5.74) is 3.08. The normalized spacial score (nSPS) is 13.3. The van der Waals surface area contributed by atoms with Crippen molar-refractivity contribution >= 4 is 42.5 Å². The Morgan fingerprint density at radius 1 is 1.28 bits per heavy atom. The van der Waals surface area contributed by atoms with Gasteiger partial charge in [-0.3, -0.25) is 14.5 Å². The highest BCUT2D eigenvalue weighted by Crippen LogP contribution is 2.31. The molecule has 0 bridgehead atoms. The molecule has 0 unspecified atom stereocenters. The largest absolute Gasteiger partial charge is 0.790 e. The smallest absolute Gasteiger partial charge is 0.246 e. The Labute approximate surface area is 208 Å². The van der Waals surface area contributed by atoms with Crippen LogP contribution in [0.4, 0.5) is 5.82 Å². The number of furan rings is 1. The summed E-state index contributed by atoms with van der Waals surface area (Å²) in [6.45, 7) is 1.55. The van der Waals surface area contributed by atoms with Crippen molar-refractivity contribution < 1.29 is 32.9 Å². The Hall–Kier alpha value is -3.38. The molecular weight excluding hydrogens is 489 g/mol. The lowest BCUT2D eigenvalue weighted by atomic mass is 10.0. The number of para-hydroxylation sites is 1. The van der Waals surface area contributed by atoms with Gasteiger partial charge in [0.1, 0.15) is 23.9 Å². The number of anilines is 1. The van der Waals surface area contributed by atoms with Crippen molar-refractivity contribution in [3.8, 4) is 0 Å². The number of hydrogen-bond donors (Lipinski definition) is 2. The number of pyridine rings is 1. The maximum atomic E-state index is 12.6. The zero-order valence-electron chi connectivity index (χ0n) is 20.6. The van der Waals surface area contributed by atoms with Gasteiger partial charge in [0.25, 0.3) is 0 Å². The molecule has 1 aliphatic heterocycles. The van der Waals surface area contributed by atoms with Crippen molar-refractivity contribution in [2.24, 2.45) is 0 Å². The highest BCUT2D eigenvalue weighted by molar-refractivity contribution is 7.43. The van der Waals surface area contributed by atoms with Crippen LogP contribution in [0.15, 0.2) is 47.0 Å². The lowest BCUT2D eigenvalue weighted by molar-refractivity contribution is -0.341. The van der Waals surface area contributed by atoms with E-state index in [1.807, 2.05) is 31.2 Å². The minimum atomic E-state index is -5.23. The lowest BCUT2D eigenvalue weighted by Crippen LogP contribution is -2.38. The SMILES string of the molecule is Cc1c(CN(C)C(=O)/C=C/c2cnc3c(c2)CCC(=O)N3COP(=O)([O-])[O-])oc2ccccc12.[NH4+].[NH4+]. The van der Waals surface area contributed by atoms with Gasteiger partial charge in [-0.05, 0) is 42.7 Å². The first-order valence-corrected chi connectivity index (χ1v) is 11.9. The first kappa shape index (κ1) is 28.9. The number of phosphoric acid groups is 1. The number of benzene rings is 1. The van der Waals surface area contributed by atoms with Crippen LogP contribution < -0.4 is 27.0 Å². The van der Waals surface area contributed by atoms with Crippen LogP contribution in [0, 0.1) is 6.92 Å². The summed E-state index contributed by atoms with van der Waals surface area (Å²) < 4.78 is 20.9. The van der Waals surface area contributed by atoms with Crippen LogP contribution >= 0.6 is 7.82 Å². The third-order valence-electron chi connectivity index (χ3n) is 5.59. The van der Waals surface area contributed by atoms with Crippen LogP contribution in [0.1, 0.15) is 28.9 Å². The minimum Gasteiger partial charge on any atom is -0.790 e. The van der Waals surface area contributed by atoms with Crippen LogP contribution in [0.5, 0.6) is 0 Å². The Morgan fingerprint density at radius 3 is 2.69 bits per heavy atom. The molecule has 0 atom stereocenters. The fourth-order valence-electron chi connectivity index (χ4n) is 3.76. The van der Waals surface area contributed by atoms with Gasteiger partial charge in [0.2, 0.25) is 11.8 Å². The minimum absolute atomic E-state index is 0. The molecule has 3 heterocycles. The average molecular weight is 519 g/mol. The molecule has 36 heavy (non-hydrogen) atoms. The fraction of sp³-hybridized carbons (Fsp3) is 0.261. The molecule has 194 valence electrons. The van der Waals surface area contributed by atoms with Crippen LogP contribution in [0.25, 0.3) is 17.0 Å². The van der Waals surface area contributed by atoms with Crippen LogP contribution in [0.2, 0.25) is 0 Å². The zero-order valence-corrected chi connectivity index (χ0v) is 21.5. The maximum Gasteiger partial charge on any atom is 0.246 e. The van der Waals surface area contributed by atoms with E-state index >= 15 is 0 Å². The third-order valence-corrected chi connectivity index (χ3v) is 6.02. The van der Waals surface area contributed by atoms with Gasteiger partial charge in [-0.25, -0.2) is 4.98 Å². The number of hydrogen-bond acceptors (Lipinski definition) is 8. The first-order chi connectivity index (χ1) is 16.1. The van der Waals surface area contributed by atoms with E-state index in [0.717, 1.165) is 21.4 Å². The molecule has 3 aromatic rings. The number of aryl methyl sites for hydroxylation is 2. The molecule has 0 fully saturated rings. The molecule has 2 aromatic heterocycles. The number of aromatic nitrogens is 1. The van der Waals surface area contributed by atoms with E-state index in [-0.39, 0.29) is 30.4 Å². The molecule has 0 spiro atoms. The van der Waals surface area contributed by atoms with Crippen LogP contribution in [-0.2, 0) is 31.6 Å². The summed E-state index contributed by atoms with van der Waals surface area (Å²) in [5.74, 6) is 0.318. The molecule has 2 amide bonds. The number of phosphoric ester groups is 1. The molecule has 0 radical (unpaired) electrons. The summed E-state index contributed by atoms with van der Waals surface area (Å²) in [5, 5.41) is 1.01. The van der Waals surface area contributed by atoms with E-state index in [2.05, 4.69) is 9.51 Å². The van der Waals surface area contributed by atoms with Gasteiger partial charge in [0.05, 0.1) is 14.4 Å². The quantitative estimate of drug-likeness (QED) is 0.349. The lowest BCUT2D eigenvalue weighted by Gasteiger charge is -2.34. The van der Waals surface area contributed by atoms with Crippen molar-refractivity contribution in [3.05, 3.63) is 65.1 Å². The molecule has 0 aliphatic carbocycles. The van der Waals surface area contributed by atoms with Gasteiger partial charge in [0.15, 0.2) is 0 Å². The molecule has 13 heteroatoms. The van der Waals surface area contributed by atoms with Gasteiger partial charge >= 0.3 is 0 Å². The number of carbonyl (C=O) groups excluding carboxylic acids is 2. The summed E-state index contributed by atoms with van der Waals surface area (Å²) in [6, 6.07) is 9.45. The number of rotatable bonds is 7. The Morgan fingerprint density at radius 2 is 2.00 bits per heavy atom. The molecule has 0 saturated heterocycles. The van der Waals surface area contributed by atoms with Crippen molar-refractivity contribution in [1.82, 2.24) is 22.2 Å². The molecular formula is C23H30N5O7P. The highest BCUT2D eigenvalue weighted by Gasteiger charge is 2.26. The number of carbonyl (C=O) groups is 2. The summed E-state index contributed by atoms with van der Waals surface area (Å²) >= 11 is 0. The zero-order chi connectivity index (χ0) is 24.5. The third kappa shape index (κ3) is 6.43. The van der Waals surface area contributed by atoms with Crippen LogP contribution in [0.3, 0.4) is 0 Å². The fourth-order valence-corrected chi connectivity index (χ4v) is 4.02. The standard InChI is InChI=1S/C23H24N3O7P.2H3N/c1-15-18-5-3-4-6-19(18)33-20(15)13-25(2)21(27)9-7-16-11-17-8-10-22(28)26(23(17)24-12-16)14-32-34(29,30)31;;/h3-7,9,11-12H,8,10,13-14H2,1-2H3,(H2,29,30,31);2*1H3/b9-7+;;. The van der Waals surface area contributed by atoms with E-state index < -0.39 is 20.5 Å². The second-order valence-electron chi connectivity index (χ2n) is 7.95. The van der Waals surface area contributed by atoms with Crippen molar-refractivity contribution in [3.63, 3.8) is 0 Å². The molecule has 4 rings (SSSR count). The second-order valence-corrected chi connectivity index (χ2v) is 9.11. The number of quaternary nitrogens is 2. The van der Waals surface area contributed by atoms with Crippen molar-refractivity contribution in [1.29, 1.82) is 0 Å². The molecule has 1 aliphatic rings. The van der Waals surface area contributed by atoms with Crippen LogP contribution in [-0.4, -0.2) is 35.5 Å². The average Bonchev–Trinajstić information content (AvgIpc) is 3.11. The monoisotopic (exact) mass is 519 g/mol. The van der Waals surface area contributed by atoms with E-state index in [1.54, 1.807) is 19.2 Å². The van der Waals surface area contributed by atoms with E-state index in [9.17, 15) is 23.9 Å². The predicted octanol–water partition coefficient (Wildman–Crippen LogP) is 2.64. The Bertz CT molecular complexity index is 1330. The van der Waals surface area contributed by atoms with E-state index in [1.165, 1.54) is 17.2 Å². The predicted molar refractivity (Wildman–Crippen MR) is 132 cm³/mol. The van der Waals surface area contributed by atoms with Crippen molar-refractivity contribution in [2.75, 3.05) is 18.7 Å². The van der Waals surface area contributed by atoms with Crippen molar-refractivity contribution in [2.45, 2.75) is 26.3 Å². The van der Waals surface area contributed by atoms with E-state index in [4.69, 9.17) is 4.42 Å². The van der Waals surface area contributed by atoms with E-state index in [0.29, 0.717) is 29.9 Å². The maximum absolute atomic E-state index is 12.6. The summed E-state index contributed by atoms with van der Waals surface area (Å²) in [4.78, 5) is 53.1. The molecule has 8 N–H and O–H groups in total. The Balaban J connectivity index is 0.00000228. The van der Waals surface area contributed by atoms with Gasteiger partial charge < -0.3 is 40.5 Å². The highest BCUT2D eigenvalue weighted by atomic mass is 31.2. The Kier molecular flexibility index (Phi) is 9.27. The summed E-state index contributed by atoms with van der Waals surface area (Å²) in [6.07, 6.45) is 4.99. The molecule has 12 nitrogen and oxygen atoms in total. The number of nitrogens with zero attached hydrogens (tertiary/aromatic N) is 3. The number of fused-ring (bicyclic) bond motifs is 2. The molecule has 1 aromatic carbocycles. The number of amides is 2.